The fraction of sp³-hybridized carbons (Fsp3) is 0.667. The molecule has 1 unspecified atom stereocenters. The highest BCUT2D eigenvalue weighted by atomic mass is 32.1. The summed E-state index contributed by atoms with van der Waals surface area (Å²) in [6.45, 7) is 3.57. The lowest BCUT2D eigenvalue weighted by Gasteiger charge is -2.29. The van der Waals surface area contributed by atoms with Crippen LogP contribution in [0.25, 0.3) is 0 Å². The first-order valence-electron chi connectivity index (χ1n) is 7.19. The zero-order valence-electron chi connectivity index (χ0n) is 12.1. The van der Waals surface area contributed by atoms with Crippen LogP contribution in [-0.4, -0.2) is 34.9 Å². The van der Waals surface area contributed by atoms with Crippen LogP contribution in [0.3, 0.4) is 0 Å². The van der Waals surface area contributed by atoms with Gasteiger partial charge in [-0.3, -0.25) is 4.79 Å². The van der Waals surface area contributed by atoms with E-state index in [1.54, 1.807) is 11.3 Å². The van der Waals surface area contributed by atoms with Gasteiger partial charge in [0.25, 0.3) is 5.91 Å². The van der Waals surface area contributed by atoms with Crippen LogP contribution >= 0.6 is 11.3 Å². The molecule has 0 saturated carbocycles. The smallest absolute Gasteiger partial charge is 0.261 e. The molecule has 5 heteroatoms. The predicted octanol–water partition coefficient (Wildman–Crippen LogP) is 1.74. The quantitative estimate of drug-likeness (QED) is 0.775. The van der Waals surface area contributed by atoms with Crippen LogP contribution in [0.4, 0.5) is 0 Å². The summed E-state index contributed by atoms with van der Waals surface area (Å²) in [6, 6.07) is 1.97. The van der Waals surface area contributed by atoms with E-state index in [4.69, 9.17) is 0 Å². The first kappa shape index (κ1) is 15.5. The lowest BCUT2D eigenvalue weighted by atomic mass is 9.90. The lowest BCUT2D eigenvalue weighted by molar-refractivity contribution is 0.0656. The summed E-state index contributed by atoms with van der Waals surface area (Å²) in [5, 5.41) is 21.6. The van der Waals surface area contributed by atoms with Crippen LogP contribution in [0.2, 0.25) is 0 Å². The minimum atomic E-state index is -0.922. The van der Waals surface area contributed by atoms with E-state index in [1.807, 2.05) is 13.0 Å². The second kappa shape index (κ2) is 6.24. The number of hydrogen-bond acceptors (Lipinski definition) is 4. The standard InChI is InChI=1S/C15H23NO3S/c1-3-15(8-17,9-18)16-14(19)13-7-11-6-10(2)4-5-12(11)20-13/h7,10,17-18H,3-6,8-9H2,1-2H3,(H,16,19). The number of rotatable bonds is 5. The second-order valence-corrected chi connectivity index (χ2v) is 6.95. The van der Waals surface area contributed by atoms with Crippen LogP contribution < -0.4 is 5.32 Å². The maximum absolute atomic E-state index is 12.3. The number of fused-ring (bicyclic) bond motifs is 1. The molecular weight excluding hydrogens is 274 g/mol. The molecule has 1 aliphatic carbocycles. The minimum Gasteiger partial charge on any atom is -0.394 e. The van der Waals surface area contributed by atoms with Crippen molar-refractivity contribution in [2.75, 3.05) is 13.2 Å². The van der Waals surface area contributed by atoms with Gasteiger partial charge in [-0.25, -0.2) is 0 Å². The van der Waals surface area contributed by atoms with Gasteiger partial charge in [-0.1, -0.05) is 13.8 Å². The largest absolute Gasteiger partial charge is 0.394 e. The van der Waals surface area contributed by atoms with Gasteiger partial charge in [-0.15, -0.1) is 11.3 Å². The van der Waals surface area contributed by atoms with E-state index in [-0.39, 0.29) is 19.1 Å². The van der Waals surface area contributed by atoms with Gasteiger partial charge in [-0.2, -0.15) is 0 Å². The number of carbonyl (C=O) groups excluding carboxylic acids is 1. The molecular formula is C15H23NO3S. The predicted molar refractivity (Wildman–Crippen MR) is 80.2 cm³/mol. The lowest BCUT2D eigenvalue weighted by Crippen LogP contribution is -2.53. The molecule has 1 aromatic heterocycles. The zero-order valence-corrected chi connectivity index (χ0v) is 12.9. The summed E-state index contributed by atoms with van der Waals surface area (Å²) >= 11 is 1.54. The Morgan fingerprint density at radius 1 is 1.50 bits per heavy atom. The van der Waals surface area contributed by atoms with Gasteiger partial charge in [-0.05, 0) is 43.2 Å². The fourth-order valence-electron chi connectivity index (χ4n) is 2.56. The molecule has 0 aliphatic heterocycles. The molecule has 0 bridgehead atoms. The molecule has 0 spiro atoms. The van der Waals surface area contributed by atoms with Crippen LogP contribution in [-0.2, 0) is 12.8 Å². The fourth-order valence-corrected chi connectivity index (χ4v) is 3.66. The summed E-state index contributed by atoms with van der Waals surface area (Å²) in [7, 11) is 0. The number of aryl methyl sites for hydroxylation is 1. The monoisotopic (exact) mass is 297 g/mol. The number of aliphatic hydroxyl groups is 2. The molecule has 1 aromatic rings. The first-order chi connectivity index (χ1) is 9.53. The van der Waals surface area contributed by atoms with Crippen molar-refractivity contribution in [3.8, 4) is 0 Å². The Kier molecular flexibility index (Phi) is 4.83. The highest BCUT2D eigenvalue weighted by molar-refractivity contribution is 7.14. The molecule has 3 N–H and O–H groups in total. The van der Waals surface area contributed by atoms with E-state index in [1.165, 1.54) is 16.9 Å². The zero-order chi connectivity index (χ0) is 14.8. The molecule has 0 fully saturated rings. The highest BCUT2D eigenvalue weighted by Gasteiger charge is 2.30. The van der Waals surface area contributed by atoms with Crippen LogP contribution in [0, 0.1) is 5.92 Å². The summed E-state index contributed by atoms with van der Waals surface area (Å²) < 4.78 is 0. The third kappa shape index (κ3) is 3.05. The maximum atomic E-state index is 12.3. The van der Waals surface area contributed by atoms with Crippen LogP contribution in [0.5, 0.6) is 0 Å². The SMILES string of the molecule is CCC(CO)(CO)NC(=O)c1cc2c(s1)CCC(C)C2. The average molecular weight is 297 g/mol. The van der Waals surface area contributed by atoms with E-state index in [2.05, 4.69) is 12.2 Å². The summed E-state index contributed by atoms with van der Waals surface area (Å²) in [6.07, 6.45) is 3.76. The first-order valence-corrected chi connectivity index (χ1v) is 8.01. The molecule has 20 heavy (non-hydrogen) atoms. The van der Waals surface area contributed by atoms with Crippen molar-refractivity contribution in [1.82, 2.24) is 5.32 Å². The third-order valence-electron chi connectivity index (χ3n) is 4.21. The minimum absolute atomic E-state index is 0.193. The highest BCUT2D eigenvalue weighted by Crippen LogP contribution is 2.32. The number of amides is 1. The van der Waals surface area contributed by atoms with Crippen molar-refractivity contribution < 1.29 is 15.0 Å². The van der Waals surface area contributed by atoms with Gasteiger partial charge < -0.3 is 15.5 Å². The van der Waals surface area contributed by atoms with E-state index >= 15 is 0 Å². The summed E-state index contributed by atoms with van der Waals surface area (Å²) in [5.74, 6) is 0.486. The average Bonchev–Trinajstić information content (AvgIpc) is 2.88. The molecule has 0 radical (unpaired) electrons. The molecule has 0 aromatic carbocycles. The Labute approximate surface area is 123 Å². The molecule has 4 nitrogen and oxygen atoms in total. The summed E-state index contributed by atoms with van der Waals surface area (Å²) in [5.41, 5.74) is 0.364. The Morgan fingerprint density at radius 2 is 2.20 bits per heavy atom. The molecule has 2 rings (SSSR count). The van der Waals surface area contributed by atoms with Gasteiger partial charge in [0.2, 0.25) is 0 Å². The maximum Gasteiger partial charge on any atom is 0.261 e. The Hall–Kier alpha value is -0.910. The van der Waals surface area contributed by atoms with E-state index in [0.717, 1.165) is 12.8 Å². The van der Waals surface area contributed by atoms with Crippen molar-refractivity contribution in [3.63, 3.8) is 0 Å². The Balaban J connectivity index is 2.14. The molecule has 112 valence electrons. The van der Waals surface area contributed by atoms with E-state index in [0.29, 0.717) is 17.2 Å². The number of carbonyl (C=O) groups is 1. The molecule has 1 heterocycles. The number of nitrogens with one attached hydrogen (secondary N) is 1. The van der Waals surface area contributed by atoms with Crippen LogP contribution in [0.15, 0.2) is 6.07 Å². The van der Waals surface area contributed by atoms with E-state index in [9.17, 15) is 15.0 Å². The number of hydrogen-bond donors (Lipinski definition) is 3. The topological polar surface area (TPSA) is 69.6 Å². The van der Waals surface area contributed by atoms with Crippen molar-refractivity contribution in [2.45, 2.75) is 45.1 Å². The van der Waals surface area contributed by atoms with Gasteiger partial charge in [0, 0.05) is 4.88 Å². The van der Waals surface area contributed by atoms with Gasteiger partial charge in [0.05, 0.1) is 23.6 Å². The number of thiophene rings is 1. The van der Waals surface area contributed by atoms with Gasteiger partial charge in [0.1, 0.15) is 0 Å². The van der Waals surface area contributed by atoms with Gasteiger partial charge >= 0.3 is 0 Å². The van der Waals surface area contributed by atoms with Crippen molar-refractivity contribution >= 4 is 17.2 Å². The molecule has 1 atom stereocenters. The van der Waals surface area contributed by atoms with Crippen LogP contribution in [0.1, 0.15) is 46.8 Å². The number of aliphatic hydroxyl groups excluding tert-OH is 2. The van der Waals surface area contributed by atoms with Gasteiger partial charge in [0.15, 0.2) is 0 Å². The summed E-state index contributed by atoms with van der Waals surface area (Å²) in [4.78, 5) is 14.3. The molecule has 1 amide bonds. The Bertz CT molecular complexity index is 471. The van der Waals surface area contributed by atoms with Crippen molar-refractivity contribution in [2.24, 2.45) is 5.92 Å². The second-order valence-electron chi connectivity index (χ2n) is 5.81. The molecule has 1 aliphatic rings. The van der Waals surface area contributed by atoms with E-state index < -0.39 is 5.54 Å². The third-order valence-corrected chi connectivity index (χ3v) is 5.45. The normalized spacial score (nSPS) is 18.7. The molecule has 0 saturated heterocycles. The van der Waals surface area contributed by atoms with Crippen molar-refractivity contribution in [1.29, 1.82) is 0 Å². The Morgan fingerprint density at radius 3 is 2.80 bits per heavy atom. The van der Waals surface area contributed by atoms with Crippen molar-refractivity contribution in [3.05, 3.63) is 21.4 Å².